The van der Waals surface area contributed by atoms with Crippen molar-refractivity contribution in [2.45, 2.75) is 32.4 Å². The highest BCUT2D eigenvalue weighted by atomic mass is 16.2. The lowest BCUT2D eigenvalue weighted by Crippen LogP contribution is -2.63. The van der Waals surface area contributed by atoms with E-state index in [1.54, 1.807) is 41.6 Å². The molecule has 3 amide bonds. The third kappa shape index (κ3) is 2.96. The lowest BCUT2D eigenvalue weighted by atomic mass is 9.98. The summed E-state index contributed by atoms with van der Waals surface area (Å²) in [6.07, 6.45) is 4.16. The molecule has 9 heteroatoms. The molecule has 0 saturated carbocycles. The van der Waals surface area contributed by atoms with Crippen LogP contribution in [0.25, 0.3) is 11.3 Å². The minimum atomic E-state index is -0.886. The minimum Gasteiger partial charge on any atom is -0.307 e. The fourth-order valence-electron chi connectivity index (χ4n) is 4.58. The van der Waals surface area contributed by atoms with Crippen LogP contribution in [0.1, 0.15) is 35.7 Å². The molecule has 1 unspecified atom stereocenters. The van der Waals surface area contributed by atoms with Gasteiger partial charge in [0.15, 0.2) is 5.82 Å². The smallest absolute Gasteiger partial charge is 0.258 e. The second kappa shape index (κ2) is 7.30. The van der Waals surface area contributed by atoms with E-state index in [1.165, 1.54) is 4.90 Å². The van der Waals surface area contributed by atoms with Gasteiger partial charge >= 0.3 is 0 Å². The van der Waals surface area contributed by atoms with E-state index in [2.05, 4.69) is 20.5 Å². The molecular formula is C23H22N6O3. The van der Waals surface area contributed by atoms with E-state index in [0.717, 1.165) is 16.8 Å². The summed E-state index contributed by atoms with van der Waals surface area (Å²) in [7, 11) is 0. The molecule has 2 aromatic heterocycles. The SMILES string of the molecule is Cc1c(NC(=O)CN2C(=O)c3ccccc3N3C(=O)CCC23C)n[nH]c1-c1ccncc1. The van der Waals surface area contributed by atoms with Gasteiger partial charge in [-0.15, -0.1) is 0 Å². The highest BCUT2D eigenvalue weighted by Crippen LogP contribution is 2.43. The molecule has 1 saturated heterocycles. The standard InChI is InChI=1S/C23H22N6O3/c1-14-20(15-8-11-24-12-9-15)26-27-21(14)25-18(30)13-28-22(32)16-5-3-4-6-17(16)29-19(31)7-10-23(28,29)2/h3-6,8-9,11-12H,7,10,13H2,1-2H3,(H2,25,26,27,30). The van der Waals surface area contributed by atoms with Crippen LogP contribution in [-0.2, 0) is 9.59 Å². The number of hydrogen-bond donors (Lipinski definition) is 2. The summed E-state index contributed by atoms with van der Waals surface area (Å²) in [5.41, 5.74) is 2.60. The van der Waals surface area contributed by atoms with E-state index in [4.69, 9.17) is 0 Å². The van der Waals surface area contributed by atoms with E-state index in [9.17, 15) is 14.4 Å². The van der Waals surface area contributed by atoms with Crippen LogP contribution in [0, 0.1) is 6.92 Å². The number of rotatable bonds is 4. The summed E-state index contributed by atoms with van der Waals surface area (Å²) in [6, 6.07) is 10.7. The van der Waals surface area contributed by atoms with Crippen LogP contribution in [0.5, 0.6) is 0 Å². The van der Waals surface area contributed by atoms with Crippen LogP contribution < -0.4 is 10.2 Å². The van der Waals surface area contributed by atoms with Crippen molar-refractivity contribution in [1.82, 2.24) is 20.1 Å². The van der Waals surface area contributed by atoms with Gasteiger partial charge in [0.05, 0.1) is 16.9 Å². The van der Waals surface area contributed by atoms with Crippen LogP contribution >= 0.6 is 0 Å². The maximum Gasteiger partial charge on any atom is 0.258 e. The number of carbonyl (C=O) groups excluding carboxylic acids is 3. The summed E-state index contributed by atoms with van der Waals surface area (Å²) in [5.74, 6) is -0.297. The first-order valence-corrected chi connectivity index (χ1v) is 10.4. The number of aromatic nitrogens is 3. The molecule has 0 aliphatic carbocycles. The first-order chi connectivity index (χ1) is 15.4. The minimum absolute atomic E-state index is 0.0528. The van der Waals surface area contributed by atoms with Gasteiger partial charge < -0.3 is 10.2 Å². The lowest BCUT2D eigenvalue weighted by molar-refractivity contribution is -0.120. The summed E-state index contributed by atoms with van der Waals surface area (Å²) in [5, 5.41) is 9.98. The number of nitrogens with zero attached hydrogens (tertiary/aromatic N) is 4. The molecule has 2 aliphatic heterocycles. The van der Waals surface area contributed by atoms with Gasteiger partial charge in [0.1, 0.15) is 12.2 Å². The molecule has 5 rings (SSSR count). The summed E-state index contributed by atoms with van der Waals surface area (Å²) < 4.78 is 0. The molecule has 0 spiro atoms. The van der Waals surface area contributed by atoms with E-state index in [1.807, 2.05) is 26.0 Å². The summed E-state index contributed by atoms with van der Waals surface area (Å²) >= 11 is 0. The Morgan fingerprint density at radius 2 is 1.94 bits per heavy atom. The number of fused-ring (bicyclic) bond motifs is 3. The molecule has 0 radical (unpaired) electrons. The van der Waals surface area contributed by atoms with Gasteiger partial charge in [0.25, 0.3) is 5.91 Å². The van der Waals surface area contributed by atoms with Crippen molar-refractivity contribution in [2.24, 2.45) is 0 Å². The third-order valence-electron chi connectivity index (χ3n) is 6.28. The highest BCUT2D eigenvalue weighted by Gasteiger charge is 2.53. The monoisotopic (exact) mass is 430 g/mol. The fraction of sp³-hybridized carbons (Fsp3) is 0.261. The van der Waals surface area contributed by atoms with E-state index < -0.39 is 5.66 Å². The van der Waals surface area contributed by atoms with Gasteiger partial charge in [-0.3, -0.25) is 29.4 Å². The number of carbonyl (C=O) groups is 3. The molecule has 0 bridgehead atoms. The third-order valence-corrected chi connectivity index (χ3v) is 6.28. The fourth-order valence-corrected chi connectivity index (χ4v) is 4.58. The average molecular weight is 430 g/mol. The molecule has 162 valence electrons. The zero-order chi connectivity index (χ0) is 22.5. The Balaban J connectivity index is 1.41. The van der Waals surface area contributed by atoms with Crippen molar-refractivity contribution < 1.29 is 14.4 Å². The van der Waals surface area contributed by atoms with E-state index >= 15 is 0 Å². The highest BCUT2D eigenvalue weighted by molar-refractivity contribution is 6.11. The number of aromatic amines is 1. The van der Waals surface area contributed by atoms with Gasteiger partial charge in [0.2, 0.25) is 11.8 Å². The van der Waals surface area contributed by atoms with Gasteiger partial charge in [-0.2, -0.15) is 5.10 Å². The molecule has 32 heavy (non-hydrogen) atoms. The second-order valence-electron chi connectivity index (χ2n) is 8.21. The number of benzene rings is 1. The molecule has 2 aliphatic rings. The van der Waals surface area contributed by atoms with Crippen molar-refractivity contribution in [3.05, 3.63) is 59.9 Å². The maximum absolute atomic E-state index is 13.3. The Morgan fingerprint density at radius 1 is 1.19 bits per heavy atom. The zero-order valence-electron chi connectivity index (χ0n) is 17.8. The Hall–Kier alpha value is -4.01. The number of hydrogen-bond acceptors (Lipinski definition) is 5. The topological polar surface area (TPSA) is 111 Å². The van der Waals surface area contributed by atoms with E-state index in [0.29, 0.717) is 29.9 Å². The predicted molar refractivity (Wildman–Crippen MR) is 118 cm³/mol. The van der Waals surface area contributed by atoms with Crippen molar-refractivity contribution >= 4 is 29.2 Å². The molecule has 3 aromatic rings. The maximum atomic E-state index is 13.3. The molecule has 1 aromatic carbocycles. The van der Waals surface area contributed by atoms with Crippen LogP contribution in [-0.4, -0.2) is 50.0 Å². The van der Waals surface area contributed by atoms with Gasteiger partial charge in [-0.1, -0.05) is 12.1 Å². The van der Waals surface area contributed by atoms with Gasteiger partial charge in [0, 0.05) is 29.9 Å². The largest absolute Gasteiger partial charge is 0.307 e. The summed E-state index contributed by atoms with van der Waals surface area (Å²) in [4.78, 5) is 46.1. The van der Waals surface area contributed by atoms with Crippen molar-refractivity contribution in [3.63, 3.8) is 0 Å². The van der Waals surface area contributed by atoms with Crippen molar-refractivity contribution in [1.29, 1.82) is 0 Å². The number of amides is 3. The molecule has 2 N–H and O–H groups in total. The number of para-hydroxylation sites is 1. The summed E-state index contributed by atoms with van der Waals surface area (Å²) in [6.45, 7) is 3.50. The number of anilines is 2. The molecule has 4 heterocycles. The lowest BCUT2D eigenvalue weighted by Gasteiger charge is -2.48. The number of H-pyrrole nitrogens is 1. The normalized spacial score (nSPS) is 19.7. The first kappa shape index (κ1) is 19.9. The molecule has 1 atom stereocenters. The van der Waals surface area contributed by atoms with E-state index in [-0.39, 0.29) is 24.3 Å². The number of pyridine rings is 1. The molecule has 1 fully saturated rings. The number of nitrogens with one attached hydrogen (secondary N) is 2. The quantitative estimate of drug-likeness (QED) is 0.661. The van der Waals surface area contributed by atoms with Crippen LogP contribution in [0.2, 0.25) is 0 Å². The Kier molecular flexibility index (Phi) is 4.54. The first-order valence-electron chi connectivity index (χ1n) is 10.4. The van der Waals surface area contributed by atoms with Crippen LogP contribution in [0.4, 0.5) is 11.5 Å². The van der Waals surface area contributed by atoms with Gasteiger partial charge in [-0.25, -0.2) is 0 Å². The average Bonchev–Trinajstić information content (AvgIpc) is 3.31. The Morgan fingerprint density at radius 3 is 2.72 bits per heavy atom. The second-order valence-corrected chi connectivity index (χ2v) is 8.21. The van der Waals surface area contributed by atoms with Crippen molar-refractivity contribution in [3.8, 4) is 11.3 Å². The van der Waals surface area contributed by atoms with Crippen LogP contribution in [0.3, 0.4) is 0 Å². The predicted octanol–water partition coefficient (Wildman–Crippen LogP) is 2.72. The van der Waals surface area contributed by atoms with Gasteiger partial charge in [-0.05, 0) is 44.5 Å². The van der Waals surface area contributed by atoms with Crippen LogP contribution in [0.15, 0.2) is 48.8 Å². The molecule has 9 nitrogen and oxygen atoms in total. The van der Waals surface area contributed by atoms with Crippen molar-refractivity contribution in [2.75, 3.05) is 16.8 Å². The Labute approximate surface area is 184 Å². The zero-order valence-corrected chi connectivity index (χ0v) is 17.8. The Bertz CT molecular complexity index is 1240. The molecular weight excluding hydrogens is 408 g/mol.